The van der Waals surface area contributed by atoms with Crippen LogP contribution in [0.3, 0.4) is 0 Å². The summed E-state index contributed by atoms with van der Waals surface area (Å²) in [6.45, 7) is 9.49. The Morgan fingerprint density at radius 3 is 2.64 bits per heavy atom. The molecule has 1 saturated heterocycles. The standard InChI is InChI=1S/C18H28N2O2/c1-4-19(13-18(21)22)17-8-10-20(11-9-17)15(3)16-7-5-6-14(2)12-16/h5-7,12,15,17H,4,8-11,13H2,1-3H3,(H,21,22). The number of carboxylic acid groups (broad SMARTS) is 1. The van der Waals surface area contributed by atoms with Gasteiger partial charge in [0.25, 0.3) is 0 Å². The van der Waals surface area contributed by atoms with Crippen LogP contribution < -0.4 is 0 Å². The van der Waals surface area contributed by atoms with E-state index in [1.807, 2.05) is 6.92 Å². The fourth-order valence-corrected chi connectivity index (χ4v) is 3.45. The Hall–Kier alpha value is -1.39. The third-order valence-corrected chi connectivity index (χ3v) is 4.83. The molecule has 1 aromatic carbocycles. The first kappa shape index (κ1) is 17.0. The zero-order chi connectivity index (χ0) is 16.1. The fraction of sp³-hybridized carbons (Fsp3) is 0.611. The molecular weight excluding hydrogens is 276 g/mol. The third-order valence-electron chi connectivity index (χ3n) is 4.83. The van der Waals surface area contributed by atoms with Gasteiger partial charge in [0.2, 0.25) is 0 Å². The van der Waals surface area contributed by atoms with E-state index < -0.39 is 5.97 Å². The van der Waals surface area contributed by atoms with Crippen molar-refractivity contribution in [3.8, 4) is 0 Å². The largest absolute Gasteiger partial charge is 0.480 e. The number of benzene rings is 1. The van der Waals surface area contributed by atoms with Crippen molar-refractivity contribution in [3.63, 3.8) is 0 Å². The SMILES string of the molecule is CCN(CC(=O)O)C1CCN(C(C)c2cccc(C)c2)CC1. The maximum atomic E-state index is 10.9. The normalized spacial score (nSPS) is 18.5. The highest BCUT2D eigenvalue weighted by molar-refractivity contribution is 5.69. The number of carbonyl (C=O) groups is 1. The van der Waals surface area contributed by atoms with Crippen LogP contribution in [0.5, 0.6) is 0 Å². The second kappa shape index (κ2) is 7.75. The molecule has 1 atom stereocenters. The summed E-state index contributed by atoms with van der Waals surface area (Å²) >= 11 is 0. The molecule has 0 spiro atoms. The average Bonchev–Trinajstić information content (AvgIpc) is 2.52. The van der Waals surface area contributed by atoms with Crippen LogP contribution in [0.15, 0.2) is 24.3 Å². The number of nitrogens with zero attached hydrogens (tertiary/aromatic N) is 2. The summed E-state index contributed by atoms with van der Waals surface area (Å²) in [6, 6.07) is 9.55. The maximum Gasteiger partial charge on any atom is 0.317 e. The van der Waals surface area contributed by atoms with Crippen molar-refractivity contribution in [3.05, 3.63) is 35.4 Å². The van der Waals surface area contributed by atoms with E-state index in [0.717, 1.165) is 32.5 Å². The molecule has 0 saturated carbocycles. The van der Waals surface area contributed by atoms with Crippen LogP contribution in [0.25, 0.3) is 0 Å². The lowest BCUT2D eigenvalue weighted by Crippen LogP contribution is -2.47. The molecule has 1 unspecified atom stereocenters. The number of likely N-dealkylation sites (N-methyl/N-ethyl adjacent to an activating group) is 1. The van der Waals surface area contributed by atoms with Crippen molar-refractivity contribution in [2.75, 3.05) is 26.2 Å². The number of hydrogen-bond donors (Lipinski definition) is 1. The number of piperidine rings is 1. The molecule has 1 N–H and O–H groups in total. The molecule has 0 aliphatic carbocycles. The third kappa shape index (κ3) is 4.31. The highest BCUT2D eigenvalue weighted by Gasteiger charge is 2.27. The van der Waals surface area contributed by atoms with Crippen molar-refractivity contribution < 1.29 is 9.90 Å². The van der Waals surface area contributed by atoms with Gasteiger partial charge in [0.15, 0.2) is 0 Å². The summed E-state index contributed by atoms with van der Waals surface area (Å²) in [4.78, 5) is 15.6. The van der Waals surface area contributed by atoms with Gasteiger partial charge >= 0.3 is 5.97 Å². The van der Waals surface area contributed by atoms with Crippen LogP contribution >= 0.6 is 0 Å². The Balaban J connectivity index is 1.92. The van der Waals surface area contributed by atoms with Crippen LogP contribution in [-0.2, 0) is 4.79 Å². The van der Waals surface area contributed by atoms with E-state index in [0.29, 0.717) is 12.1 Å². The summed E-state index contributed by atoms with van der Waals surface area (Å²) < 4.78 is 0. The molecule has 0 radical (unpaired) electrons. The average molecular weight is 304 g/mol. The van der Waals surface area contributed by atoms with Crippen LogP contribution in [0.1, 0.15) is 43.9 Å². The molecule has 122 valence electrons. The second-order valence-corrected chi connectivity index (χ2v) is 6.31. The van der Waals surface area contributed by atoms with Crippen LogP contribution in [0, 0.1) is 6.92 Å². The molecule has 2 rings (SSSR count). The van der Waals surface area contributed by atoms with Gasteiger partial charge < -0.3 is 5.11 Å². The molecule has 0 bridgehead atoms. The first-order valence-electron chi connectivity index (χ1n) is 8.27. The lowest BCUT2D eigenvalue weighted by molar-refractivity contribution is -0.139. The minimum Gasteiger partial charge on any atom is -0.480 e. The molecule has 4 heteroatoms. The molecule has 1 aromatic rings. The van der Waals surface area contributed by atoms with Gasteiger partial charge in [-0.2, -0.15) is 0 Å². The lowest BCUT2D eigenvalue weighted by Gasteiger charge is -2.40. The Kier molecular flexibility index (Phi) is 5.98. The Labute approximate surface area is 133 Å². The van der Waals surface area contributed by atoms with Crippen molar-refractivity contribution >= 4 is 5.97 Å². The second-order valence-electron chi connectivity index (χ2n) is 6.31. The fourth-order valence-electron chi connectivity index (χ4n) is 3.45. The molecule has 1 aliphatic rings. The molecule has 1 heterocycles. The summed E-state index contributed by atoms with van der Waals surface area (Å²) in [5.41, 5.74) is 2.68. The number of likely N-dealkylation sites (tertiary alicyclic amines) is 1. The topological polar surface area (TPSA) is 43.8 Å². The Morgan fingerprint density at radius 2 is 2.09 bits per heavy atom. The van der Waals surface area contributed by atoms with E-state index in [2.05, 4.69) is 47.9 Å². The van der Waals surface area contributed by atoms with E-state index in [1.54, 1.807) is 0 Å². The molecular formula is C18H28N2O2. The maximum absolute atomic E-state index is 10.9. The minimum atomic E-state index is -0.725. The van der Waals surface area contributed by atoms with Gasteiger partial charge in [-0.1, -0.05) is 36.8 Å². The van der Waals surface area contributed by atoms with Crippen LogP contribution in [-0.4, -0.2) is 53.1 Å². The Bertz CT molecular complexity index is 496. The van der Waals surface area contributed by atoms with E-state index in [9.17, 15) is 4.79 Å². The number of rotatable bonds is 6. The monoisotopic (exact) mass is 304 g/mol. The van der Waals surface area contributed by atoms with Gasteiger partial charge in [0.1, 0.15) is 0 Å². The predicted octanol–water partition coefficient (Wildman–Crippen LogP) is 2.93. The number of aryl methyl sites for hydroxylation is 1. The van der Waals surface area contributed by atoms with Crippen molar-refractivity contribution in [2.24, 2.45) is 0 Å². The first-order valence-corrected chi connectivity index (χ1v) is 8.27. The van der Waals surface area contributed by atoms with E-state index in [4.69, 9.17) is 5.11 Å². The quantitative estimate of drug-likeness (QED) is 0.877. The number of carboxylic acids is 1. The lowest BCUT2D eigenvalue weighted by atomic mass is 9.98. The molecule has 1 aliphatic heterocycles. The van der Waals surface area contributed by atoms with Crippen molar-refractivity contribution in [1.82, 2.24) is 9.80 Å². The number of hydrogen-bond acceptors (Lipinski definition) is 3. The number of aliphatic carboxylic acids is 1. The smallest absolute Gasteiger partial charge is 0.317 e. The van der Waals surface area contributed by atoms with E-state index in [1.165, 1.54) is 11.1 Å². The van der Waals surface area contributed by atoms with Crippen molar-refractivity contribution in [1.29, 1.82) is 0 Å². The van der Waals surface area contributed by atoms with Gasteiger partial charge in [0.05, 0.1) is 6.54 Å². The predicted molar refractivity (Wildman–Crippen MR) is 89.1 cm³/mol. The van der Waals surface area contributed by atoms with Crippen LogP contribution in [0.2, 0.25) is 0 Å². The molecule has 4 nitrogen and oxygen atoms in total. The molecule has 1 fully saturated rings. The summed E-state index contributed by atoms with van der Waals surface area (Å²) in [5, 5.41) is 9.01. The summed E-state index contributed by atoms with van der Waals surface area (Å²) in [5.74, 6) is -0.725. The summed E-state index contributed by atoms with van der Waals surface area (Å²) in [7, 11) is 0. The van der Waals surface area contributed by atoms with E-state index >= 15 is 0 Å². The summed E-state index contributed by atoms with van der Waals surface area (Å²) in [6.07, 6.45) is 2.11. The minimum absolute atomic E-state index is 0.161. The van der Waals surface area contributed by atoms with Gasteiger partial charge in [-0.3, -0.25) is 14.6 Å². The molecule has 0 aromatic heterocycles. The van der Waals surface area contributed by atoms with Crippen LogP contribution in [0.4, 0.5) is 0 Å². The van der Waals surface area contributed by atoms with Crippen molar-refractivity contribution in [2.45, 2.75) is 45.7 Å². The highest BCUT2D eigenvalue weighted by atomic mass is 16.4. The van der Waals surface area contributed by atoms with Gasteiger partial charge in [-0.05, 0) is 38.8 Å². The zero-order valence-electron chi connectivity index (χ0n) is 14.0. The highest BCUT2D eigenvalue weighted by Crippen LogP contribution is 2.26. The van der Waals surface area contributed by atoms with E-state index in [-0.39, 0.29) is 6.54 Å². The Morgan fingerprint density at radius 1 is 1.41 bits per heavy atom. The molecule has 22 heavy (non-hydrogen) atoms. The first-order chi connectivity index (χ1) is 10.5. The van der Waals surface area contributed by atoms with Gasteiger partial charge in [-0.15, -0.1) is 0 Å². The zero-order valence-corrected chi connectivity index (χ0v) is 14.0. The molecule has 0 amide bonds. The van der Waals surface area contributed by atoms with Gasteiger partial charge in [0, 0.05) is 25.2 Å². The van der Waals surface area contributed by atoms with Gasteiger partial charge in [-0.25, -0.2) is 0 Å².